The summed E-state index contributed by atoms with van der Waals surface area (Å²) in [5.41, 5.74) is -0.259. The van der Waals surface area contributed by atoms with Crippen molar-refractivity contribution in [3.63, 3.8) is 0 Å². The molecule has 1 saturated heterocycles. The van der Waals surface area contributed by atoms with E-state index >= 15 is 0 Å². The van der Waals surface area contributed by atoms with Gasteiger partial charge in [0.25, 0.3) is 0 Å². The summed E-state index contributed by atoms with van der Waals surface area (Å²) in [5, 5.41) is 12.5. The molecule has 1 N–H and O–H groups in total. The summed E-state index contributed by atoms with van der Waals surface area (Å²) in [5.74, 6) is 0.835. The predicted octanol–water partition coefficient (Wildman–Crippen LogP) is 1.29. The number of hydrogen-bond donors (Lipinski definition) is 1. The van der Waals surface area contributed by atoms with E-state index in [0.29, 0.717) is 6.04 Å². The Morgan fingerprint density at radius 1 is 1.37 bits per heavy atom. The number of nitriles is 1. The molecule has 1 heterocycles. The Balaban J connectivity index is 1.79. The average molecular weight is 264 g/mol. The normalized spacial score (nSPS) is 36.6. The largest absolute Gasteiger partial charge is 0.306 e. The summed E-state index contributed by atoms with van der Waals surface area (Å²) in [4.78, 5) is 4.97. The lowest BCUT2D eigenvalue weighted by Crippen LogP contribution is -2.49. The smallest absolute Gasteiger partial charge is 0.106 e. The zero-order valence-corrected chi connectivity index (χ0v) is 12.7. The van der Waals surface area contributed by atoms with Gasteiger partial charge in [-0.1, -0.05) is 0 Å². The van der Waals surface area contributed by atoms with Crippen molar-refractivity contribution in [1.29, 1.82) is 5.26 Å². The first-order valence-corrected chi connectivity index (χ1v) is 7.57. The highest BCUT2D eigenvalue weighted by Crippen LogP contribution is 2.30. The van der Waals surface area contributed by atoms with Gasteiger partial charge in [0.05, 0.1) is 6.07 Å². The number of nitrogens with zero attached hydrogens (tertiary/aromatic N) is 3. The van der Waals surface area contributed by atoms with Crippen LogP contribution >= 0.6 is 0 Å². The molecule has 0 aromatic heterocycles. The Hall–Kier alpha value is -0.630. The van der Waals surface area contributed by atoms with Crippen LogP contribution in [0.15, 0.2) is 0 Å². The van der Waals surface area contributed by atoms with Crippen LogP contribution in [0.3, 0.4) is 0 Å². The molecular weight excluding hydrogens is 236 g/mol. The average Bonchev–Trinajstić information content (AvgIpc) is 2.84. The van der Waals surface area contributed by atoms with Crippen LogP contribution in [-0.2, 0) is 0 Å². The first kappa shape index (κ1) is 14.8. The van der Waals surface area contributed by atoms with Gasteiger partial charge in [-0.2, -0.15) is 5.26 Å². The van der Waals surface area contributed by atoms with Gasteiger partial charge in [-0.15, -0.1) is 0 Å². The molecule has 1 aliphatic heterocycles. The third-order valence-corrected chi connectivity index (χ3v) is 5.16. The zero-order valence-electron chi connectivity index (χ0n) is 12.7. The molecule has 0 amide bonds. The summed E-state index contributed by atoms with van der Waals surface area (Å²) >= 11 is 0. The molecule has 19 heavy (non-hydrogen) atoms. The Morgan fingerprint density at radius 3 is 2.53 bits per heavy atom. The fourth-order valence-electron chi connectivity index (χ4n) is 3.69. The van der Waals surface area contributed by atoms with E-state index in [9.17, 15) is 5.26 Å². The molecule has 0 spiro atoms. The van der Waals surface area contributed by atoms with E-state index in [0.717, 1.165) is 31.6 Å². The molecule has 2 fully saturated rings. The van der Waals surface area contributed by atoms with Crippen LogP contribution in [0.1, 0.15) is 32.1 Å². The van der Waals surface area contributed by atoms with Gasteiger partial charge >= 0.3 is 0 Å². The third kappa shape index (κ3) is 3.47. The quantitative estimate of drug-likeness (QED) is 0.831. The lowest BCUT2D eigenvalue weighted by molar-refractivity contribution is 0.140. The van der Waals surface area contributed by atoms with Crippen molar-refractivity contribution in [3.8, 4) is 6.07 Å². The van der Waals surface area contributed by atoms with Crippen LogP contribution in [-0.4, -0.2) is 62.2 Å². The van der Waals surface area contributed by atoms with E-state index in [1.807, 2.05) is 7.05 Å². The van der Waals surface area contributed by atoms with Gasteiger partial charge < -0.3 is 15.1 Å². The van der Waals surface area contributed by atoms with E-state index < -0.39 is 0 Å². The lowest BCUT2D eigenvalue weighted by atomic mass is 9.80. The molecule has 108 valence electrons. The van der Waals surface area contributed by atoms with Gasteiger partial charge in [0, 0.05) is 19.1 Å². The van der Waals surface area contributed by atoms with E-state index in [1.165, 1.54) is 26.1 Å². The maximum Gasteiger partial charge on any atom is 0.106 e. The Morgan fingerprint density at radius 2 is 2.05 bits per heavy atom. The zero-order chi connectivity index (χ0) is 13.9. The van der Waals surface area contributed by atoms with Crippen molar-refractivity contribution in [3.05, 3.63) is 0 Å². The maximum atomic E-state index is 9.29. The monoisotopic (exact) mass is 264 g/mol. The van der Waals surface area contributed by atoms with Gasteiger partial charge in [-0.3, -0.25) is 0 Å². The highest BCUT2D eigenvalue weighted by Gasteiger charge is 2.35. The first-order valence-electron chi connectivity index (χ1n) is 7.57. The summed E-state index contributed by atoms with van der Waals surface area (Å²) in [6.45, 7) is 3.71. The molecule has 2 aliphatic rings. The van der Waals surface area contributed by atoms with Crippen LogP contribution in [0.4, 0.5) is 0 Å². The highest BCUT2D eigenvalue weighted by atomic mass is 15.2. The molecule has 0 radical (unpaired) electrons. The van der Waals surface area contributed by atoms with Crippen LogP contribution in [0.5, 0.6) is 0 Å². The minimum Gasteiger partial charge on any atom is -0.306 e. The lowest BCUT2D eigenvalue weighted by Gasteiger charge is -2.39. The van der Waals surface area contributed by atoms with Gasteiger partial charge in [-0.05, 0) is 65.7 Å². The van der Waals surface area contributed by atoms with Crippen molar-refractivity contribution in [2.24, 2.45) is 5.92 Å². The fourth-order valence-corrected chi connectivity index (χ4v) is 3.69. The fraction of sp³-hybridized carbons (Fsp3) is 0.933. The van der Waals surface area contributed by atoms with Crippen molar-refractivity contribution in [1.82, 2.24) is 15.1 Å². The van der Waals surface area contributed by atoms with Crippen LogP contribution < -0.4 is 5.32 Å². The number of rotatable bonds is 4. The second-order valence-corrected chi connectivity index (χ2v) is 6.53. The molecule has 4 heteroatoms. The standard InChI is InChI=1S/C15H28N4/c1-17-15(12-16)7-4-14(5-8-15)19(3)11-13-6-9-18(2)10-13/h13-14,17H,4-11H2,1-3H3. The van der Waals surface area contributed by atoms with E-state index in [1.54, 1.807) is 0 Å². The minimum atomic E-state index is -0.259. The molecule has 1 unspecified atom stereocenters. The van der Waals surface area contributed by atoms with Gasteiger partial charge in [0.2, 0.25) is 0 Å². The van der Waals surface area contributed by atoms with Crippen LogP contribution in [0, 0.1) is 17.2 Å². The Labute approximate surface area is 117 Å². The molecule has 1 aliphatic carbocycles. The van der Waals surface area contributed by atoms with Crippen LogP contribution in [0.25, 0.3) is 0 Å². The Bertz CT molecular complexity index is 328. The first-order chi connectivity index (χ1) is 9.08. The van der Waals surface area contributed by atoms with Gasteiger partial charge in [-0.25, -0.2) is 0 Å². The second-order valence-electron chi connectivity index (χ2n) is 6.53. The van der Waals surface area contributed by atoms with E-state index in [4.69, 9.17) is 0 Å². The summed E-state index contributed by atoms with van der Waals surface area (Å²) in [7, 11) is 6.40. The molecule has 0 aromatic carbocycles. The van der Waals surface area contributed by atoms with Crippen molar-refractivity contribution in [2.75, 3.05) is 40.8 Å². The molecule has 1 saturated carbocycles. The predicted molar refractivity (Wildman–Crippen MR) is 77.9 cm³/mol. The van der Waals surface area contributed by atoms with E-state index in [-0.39, 0.29) is 5.54 Å². The van der Waals surface area contributed by atoms with Crippen LogP contribution in [0.2, 0.25) is 0 Å². The number of hydrogen-bond acceptors (Lipinski definition) is 4. The van der Waals surface area contributed by atoms with Crippen molar-refractivity contribution >= 4 is 0 Å². The summed E-state index contributed by atoms with van der Waals surface area (Å²) in [6.07, 6.45) is 5.60. The van der Waals surface area contributed by atoms with E-state index in [2.05, 4.69) is 35.3 Å². The molecular formula is C15H28N4. The highest BCUT2D eigenvalue weighted by molar-refractivity contribution is 5.09. The molecule has 0 aromatic rings. The topological polar surface area (TPSA) is 42.3 Å². The second kappa shape index (κ2) is 6.21. The molecule has 2 rings (SSSR count). The molecule has 1 atom stereocenters. The minimum absolute atomic E-state index is 0.259. The summed E-state index contributed by atoms with van der Waals surface area (Å²) < 4.78 is 0. The van der Waals surface area contributed by atoms with Crippen molar-refractivity contribution < 1.29 is 0 Å². The maximum absolute atomic E-state index is 9.29. The molecule has 0 bridgehead atoms. The SMILES string of the molecule is CNC1(C#N)CCC(N(C)CC2CCN(C)C2)CC1. The Kier molecular flexibility index (Phi) is 4.83. The van der Waals surface area contributed by atoms with Crippen molar-refractivity contribution in [2.45, 2.75) is 43.7 Å². The van der Waals surface area contributed by atoms with Gasteiger partial charge in [0.15, 0.2) is 0 Å². The summed E-state index contributed by atoms with van der Waals surface area (Å²) in [6, 6.07) is 3.14. The van der Waals surface area contributed by atoms with Gasteiger partial charge in [0.1, 0.15) is 5.54 Å². The number of likely N-dealkylation sites (tertiary alicyclic amines) is 1. The molecule has 4 nitrogen and oxygen atoms in total. The third-order valence-electron chi connectivity index (χ3n) is 5.16. The number of nitrogens with one attached hydrogen (secondary N) is 1.